The molecule has 1 atom stereocenters. The predicted molar refractivity (Wildman–Crippen MR) is 77.3 cm³/mol. The normalized spacial score (nSPS) is 15.7. The molecule has 0 saturated carbocycles. The van der Waals surface area contributed by atoms with E-state index in [0.717, 1.165) is 4.90 Å². The zero-order valence-electron chi connectivity index (χ0n) is 12.7. The number of methoxy groups -OCH3 is 1. The highest BCUT2D eigenvalue weighted by atomic mass is 35.5. The largest absolute Gasteiger partial charge is 0.443 e. The third-order valence-corrected chi connectivity index (χ3v) is 3.18. The van der Waals surface area contributed by atoms with E-state index < -0.39 is 23.9 Å². The lowest BCUT2D eigenvalue weighted by Crippen LogP contribution is -2.36. The molecule has 1 aliphatic heterocycles. The Labute approximate surface area is 132 Å². The molecule has 8 heteroatoms. The smallest absolute Gasteiger partial charge is 0.417 e. The summed E-state index contributed by atoms with van der Waals surface area (Å²) >= 11 is 5.86. The minimum absolute atomic E-state index is 0.0317. The summed E-state index contributed by atoms with van der Waals surface area (Å²) in [6.07, 6.45) is -2.10. The van der Waals surface area contributed by atoms with Gasteiger partial charge >= 0.3 is 6.09 Å². The maximum absolute atomic E-state index is 12.4. The van der Waals surface area contributed by atoms with Crippen LogP contribution in [0, 0.1) is 0 Å². The van der Waals surface area contributed by atoms with Crippen LogP contribution in [0.2, 0.25) is 5.15 Å². The van der Waals surface area contributed by atoms with Crippen LogP contribution in [0.3, 0.4) is 0 Å². The van der Waals surface area contributed by atoms with Crippen molar-refractivity contribution in [3.8, 4) is 0 Å². The van der Waals surface area contributed by atoms with Gasteiger partial charge in [-0.25, -0.2) is 14.7 Å². The van der Waals surface area contributed by atoms with Crippen molar-refractivity contribution in [1.82, 2.24) is 9.88 Å². The first kappa shape index (κ1) is 16.7. The van der Waals surface area contributed by atoms with Crippen LogP contribution in [0.5, 0.6) is 0 Å². The van der Waals surface area contributed by atoms with E-state index in [1.54, 1.807) is 20.8 Å². The minimum atomic E-state index is -1.33. The number of nitrogens with zero attached hydrogens (tertiary/aromatic N) is 2. The molecule has 1 aliphatic rings. The molecule has 1 aromatic rings. The molecule has 0 radical (unpaired) electrons. The van der Waals surface area contributed by atoms with Gasteiger partial charge in [0, 0.05) is 12.7 Å². The fraction of sp³-hybridized carbons (Fsp3) is 0.500. The third kappa shape index (κ3) is 3.21. The van der Waals surface area contributed by atoms with Gasteiger partial charge in [0.15, 0.2) is 6.29 Å². The molecule has 0 spiro atoms. The van der Waals surface area contributed by atoms with E-state index in [4.69, 9.17) is 21.1 Å². The van der Waals surface area contributed by atoms with Crippen molar-refractivity contribution < 1.29 is 24.2 Å². The van der Waals surface area contributed by atoms with Gasteiger partial charge in [0.2, 0.25) is 0 Å². The van der Waals surface area contributed by atoms with Crippen LogP contribution in [0.25, 0.3) is 0 Å². The number of rotatable bonds is 2. The Morgan fingerprint density at radius 2 is 2.14 bits per heavy atom. The highest BCUT2D eigenvalue weighted by Gasteiger charge is 2.38. The Balaban J connectivity index is 2.37. The number of aromatic nitrogens is 1. The second-order valence-electron chi connectivity index (χ2n) is 5.82. The summed E-state index contributed by atoms with van der Waals surface area (Å²) in [6.45, 7) is 5.06. The van der Waals surface area contributed by atoms with E-state index in [1.165, 1.54) is 13.2 Å². The molecular formula is C14H17ClN2O5. The average molecular weight is 329 g/mol. The number of fused-ring (bicyclic) bond motifs is 1. The second-order valence-corrected chi connectivity index (χ2v) is 6.20. The molecule has 2 rings (SSSR count). The summed E-state index contributed by atoms with van der Waals surface area (Å²) in [6, 6.07) is 1.36. The van der Waals surface area contributed by atoms with Crippen LogP contribution in [0.15, 0.2) is 6.07 Å². The topological polar surface area (TPSA) is 89.0 Å². The lowest BCUT2D eigenvalue weighted by atomic mass is 10.1. The van der Waals surface area contributed by atoms with Gasteiger partial charge in [-0.15, -0.1) is 0 Å². The number of imide groups is 1. The minimum Gasteiger partial charge on any atom is -0.443 e. The Morgan fingerprint density at radius 1 is 1.50 bits per heavy atom. The molecule has 0 aromatic carbocycles. The van der Waals surface area contributed by atoms with Crippen LogP contribution in [0.4, 0.5) is 4.79 Å². The second kappa shape index (κ2) is 5.83. The maximum Gasteiger partial charge on any atom is 0.417 e. The number of hydrogen-bond acceptors (Lipinski definition) is 6. The van der Waals surface area contributed by atoms with Gasteiger partial charge < -0.3 is 14.6 Å². The zero-order chi connectivity index (χ0) is 16.7. The molecule has 7 nitrogen and oxygen atoms in total. The summed E-state index contributed by atoms with van der Waals surface area (Å²) in [4.78, 5) is 29.4. The van der Waals surface area contributed by atoms with Crippen molar-refractivity contribution in [3.05, 3.63) is 28.0 Å². The van der Waals surface area contributed by atoms with E-state index in [1.807, 2.05) is 0 Å². The SMILES string of the molecule is COC(O)c1nc(Cl)cc2c1CN(C(=O)OC(C)(C)C)C2=O. The summed E-state index contributed by atoms with van der Waals surface area (Å²) in [5.41, 5.74) is -0.00679. The van der Waals surface area contributed by atoms with E-state index >= 15 is 0 Å². The first-order valence-corrected chi connectivity index (χ1v) is 6.97. The van der Waals surface area contributed by atoms with Gasteiger partial charge in [0.05, 0.1) is 12.1 Å². The van der Waals surface area contributed by atoms with Crippen LogP contribution in [-0.2, 0) is 16.0 Å². The van der Waals surface area contributed by atoms with E-state index in [9.17, 15) is 14.7 Å². The standard InChI is InChI=1S/C14H17ClN2O5/c1-14(2,3)22-13(20)17-6-8-7(11(17)18)5-9(15)16-10(8)12(19)21-4/h5,12,19H,6H2,1-4H3. The number of ether oxygens (including phenoxy) is 2. The molecule has 0 saturated heterocycles. The summed E-state index contributed by atoms with van der Waals surface area (Å²) in [5.74, 6) is -0.543. The Bertz CT molecular complexity index is 626. The molecule has 0 fully saturated rings. The van der Waals surface area contributed by atoms with Gasteiger partial charge in [-0.05, 0) is 26.8 Å². The highest BCUT2D eigenvalue weighted by Crippen LogP contribution is 2.31. The molecule has 1 unspecified atom stereocenters. The highest BCUT2D eigenvalue weighted by molar-refractivity contribution is 6.30. The van der Waals surface area contributed by atoms with Gasteiger partial charge in [0.1, 0.15) is 16.4 Å². The van der Waals surface area contributed by atoms with Gasteiger partial charge in [-0.1, -0.05) is 11.6 Å². The van der Waals surface area contributed by atoms with Crippen molar-refractivity contribution in [2.45, 2.75) is 39.2 Å². The number of aliphatic hydroxyl groups excluding tert-OH is 1. The molecule has 1 N–H and O–H groups in total. The molecule has 2 amide bonds. The summed E-state index contributed by atoms with van der Waals surface area (Å²) in [5, 5.41) is 9.86. The van der Waals surface area contributed by atoms with Crippen LogP contribution in [-0.4, -0.2) is 39.7 Å². The quantitative estimate of drug-likeness (QED) is 0.661. The lowest BCUT2D eigenvalue weighted by Gasteiger charge is -2.23. The maximum atomic E-state index is 12.4. The zero-order valence-corrected chi connectivity index (χ0v) is 13.5. The van der Waals surface area contributed by atoms with Crippen molar-refractivity contribution >= 4 is 23.6 Å². The molecule has 2 heterocycles. The molecular weight excluding hydrogens is 312 g/mol. The number of hydrogen-bond donors (Lipinski definition) is 1. The lowest BCUT2D eigenvalue weighted by molar-refractivity contribution is -0.0805. The Kier molecular flexibility index (Phi) is 4.42. The van der Waals surface area contributed by atoms with E-state index in [-0.39, 0.29) is 23.0 Å². The van der Waals surface area contributed by atoms with Crippen molar-refractivity contribution in [2.24, 2.45) is 0 Å². The van der Waals surface area contributed by atoms with E-state index in [0.29, 0.717) is 5.56 Å². The van der Waals surface area contributed by atoms with Crippen molar-refractivity contribution in [2.75, 3.05) is 7.11 Å². The number of carbonyl (C=O) groups excluding carboxylic acids is 2. The first-order chi connectivity index (χ1) is 10.1. The first-order valence-electron chi connectivity index (χ1n) is 6.59. The van der Waals surface area contributed by atoms with Crippen molar-refractivity contribution in [1.29, 1.82) is 0 Å². The fourth-order valence-electron chi connectivity index (χ4n) is 2.07. The molecule has 1 aromatic heterocycles. The van der Waals surface area contributed by atoms with Crippen LogP contribution >= 0.6 is 11.6 Å². The van der Waals surface area contributed by atoms with Crippen molar-refractivity contribution in [3.63, 3.8) is 0 Å². The van der Waals surface area contributed by atoms with Gasteiger partial charge in [-0.3, -0.25) is 4.79 Å². The monoisotopic (exact) mass is 328 g/mol. The van der Waals surface area contributed by atoms with Crippen LogP contribution < -0.4 is 0 Å². The number of aliphatic hydroxyl groups is 1. The number of carbonyl (C=O) groups is 2. The molecule has 22 heavy (non-hydrogen) atoms. The molecule has 0 aliphatic carbocycles. The van der Waals surface area contributed by atoms with E-state index in [2.05, 4.69) is 4.98 Å². The molecule has 0 bridgehead atoms. The Hall–Kier alpha value is -1.70. The summed E-state index contributed by atoms with van der Waals surface area (Å²) in [7, 11) is 1.29. The average Bonchev–Trinajstić information content (AvgIpc) is 2.73. The summed E-state index contributed by atoms with van der Waals surface area (Å²) < 4.78 is 10.0. The Morgan fingerprint density at radius 3 is 2.68 bits per heavy atom. The predicted octanol–water partition coefficient (Wildman–Crippen LogP) is 2.26. The number of pyridine rings is 1. The molecule has 120 valence electrons. The van der Waals surface area contributed by atoms with Gasteiger partial charge in [-0.2, -0.15) is 0 Å². The fourth-order valence-corrected chi connectivity index (χ4v) is 2.27. The number of amides is 2. The third-order valence-electron chi connectivity index (χ3n) is 2.99. The van der Waals surface area contributed by atoms with Crippen LogP contribution in [0.1, 0.15) is 48.7 Å². The number of halogens is 1. The van der Waals surface area contributed by atoms with Gasteiger partial charge in [0.25, 0.3) is 5.91 Å².